The minimum Gasteiger partial charge on any atom is -0.493 e. The first kappa shape index (κ1) is 22.6. The van der Waals surface area contributed by atoms with Crippen LogP contribution in [0.4, 0.5) is 10.1 Å². The number of methoxy groups -OCH3 is 2. The summed E-state index contributed by atoms with van der Waals surface area (Å²) in [4.78, 5) is 14.5. The van der Waals surface area contributed by atoms with Gasteiger partial charge in [0.1, 0.15) is 12.4 Å². The van der Waals surface area contributed by atoms with Gasteiger partial charge in [-0.15, -0.1) is 0 Å². The van der Waals surface area contributed by atoms with E-state index in [0.717, 1.165) is 9.87 Å². The van der Waals surface area contributed by atoms with Gasteiger partial charge < -0.3 is 14.4 Å². The number of nitrogens with zero attached hydrogens (tertiary/aromatic N) is 2. The Hall–Kier alpha value is -3.59. The van der Waals surface area contributed by atoms with Crippen LogP contribution in [0.3, 0.4) is 0 Å². The molecule has 0 bridgehead atoms. The van der Waals surface area contributed by atoms with Crippen molar-refractivity contribution in [2.75, 3.05) is 32.1 Å². The van der Waals surface area contributed by atoms with Crippen LogP contribution in [0.15, 0.2) is 65.6 Å². The topological polar surface area (TPSA) is 76.2 Å². The molecule has 0 saturated heterocycles. The largest absolute Gasteiger partial charge is 0.493 e. The summed E-state index contributed by atoms with van der Waals surface area (Å²) >= 11 is 0. The van der Waals surface area contributed by atoms with Crippen molar-refractivity contribution in [3.05, 3.63) is 72.0 Å². The average Bonchev–Trinajstić information content (AvgIpc) is 2.81. The molecule has 33 heavy (non-hydrogen) atoms. The maximum atomic E-state index is 14.0. The van der Waals surface area contributed by atoms with Gasteiger partial charge in [0.2, 0.25) is 5.91 Å². The predicted octanol–water partition coefficient (Wildman–Crippen LogP) is 3.68. The summed E-state index contributed by atoms with van der Waals surface area (Å²) in [5, 5.41) is 0. The Labute approximate surface area is 192 Å². The average molecular weight is 471 g/mol. The second-order valence-corrected chi connectivity index (χ2v) is 9.44. The molecule has 3 aromatic rings. The van der Waals surface area contributed by atoms with Crippen LogP contribution in [0.5, 0.6) is 11.5 Å². The Kier molecular flexibility index (Phi) is 5.99. The maximum absolute atomic E-state index is 14.0. The Morgan fingerprint density at radius 3 is 2.42 bits per heavy atom. The number of carbonyl (C=O) groups is 1. The molecule has 0 radical (unpaired) electrons. The molecule has 3 aromatic carbocycles. The highest BCUT2D eigenvalue weighted by atomic mass is 32.2. The zero-order chi connectivity index (χ0) is 23.8. The first-order chi connectivity index (χ1) is 15.8. The van der Waals surface area contributed by atoms with E-state index in [1.54, 1.807) is 43.4 Å². The lowest BCUT2D eigenvalue weighted by Crippen LogP contribution is -2.43. The third kappa shape index (κ3) is 4.11. The highest BCUT2D eigenvalue weighted by molar-refractivity contribution is 7.93. The molecule has 0 atom stereocenters. The number of rotatable bonds is 6. The maximum Gasteiger partial charge on any atom is 0.265 e. The van der Waals surface area contributed by atoms with Crippen LogP contribution < -0.4 is 13.8 Å². The SMILES string of the molecule is COc1ccc(CN(C)C(=O)CN2c3ccc(F)cc3-c3ccccc3S2(=O)=O)cc1OC. The van der Waals surface area contributed by atoms with Gasteiger partial charge in [0.25, 0.3) is 10.0 Å². The van der Waals surface area contributed by atoms with Crippen LogP contribution in [0.2, 0.25) is 0 Å². The van der Waals surface area contributed by atoms with Gasteiger partial charge in [-0.2, -0.15) is 0 Å². The quantitative estimate of drug-likeness (QED) is 0.550. The molecule has 1 aliphatic heterocycles. The molecule has 1 amide bonds. The van der Waals surface area contributed by atoms with Crippen molar-refractivity contribution < 1.29 is 27.1 Å². The molecule has 172 valence electrons. The number of sulfonamides is 1. The van der Waals surface area contributed by atoms with Gasteiger partial charge in [-0.1, -0.05) is 24.3 Å². The second kappa shape index (κ2) is 8.74. The summed E-state index contributed by atoms with van der Waals surface area (Å²) in [6.45, 7) is -0.182. The number of hydrogen-bond acceptors (Lipinski definition) is 5. The molecule has 0 fully saturated rings. The predicted molar refractivity (Wildman–Crippen MR) is 122 cm³/mol. The molecule has 1 aliphatic rings. The van der Waals surface area contributed by atoms with Gasteiger partial charge in [0.15, 0.2) is 11.5 Å². The zero-order valence-corrected chi connectivity index (χ0v) is 19.2. The molecular weight excluding hydrogens is 447 g/mol. The van der Waals surface area contributed by atoms with E-state index in [4.69, 9.17) is 9.47 Å². The number of fused-ring (bicyclic) bond motifs is 3. The summed E-state index contributed by atoms with van der Waals surface area (Å²) in [6, 6.07) is 15.6. The van der Waals surface area contributed by atoms with E-state index in [-0.39, 0.29) is 17.1 Å². The van der Waals surface area contributed by atoms with E-state index in [0.29, 0.717) is 22.6 Å². The summed E-state index contributed by atoms with van der Waals surface area (Å²) in [6.07, 6.45) is 0. The Bertz CT molecular complexity index is 1330. The fraction of sp³-hybridized carbons (Fsp3) is 0.208. The molecule has 0 N–H and O–H groups in total. The number of hydrogen-bond donors (Lipinski definition) is 0. The van der Waals surface area contributed by atoms with Crippen LogP contribution in [-0.2, 0) is 21.4 Å². The van der Waals surface area contributed by atoms with Gasteiger partial charge >= 0.3 is 0 Å². The Morgan fingerprint density at radius 1 is 0.970 bits per heavy atom. The molecule has 1 heterocycles. The van der Waals surface area contributed by atoms with Crippen LogP contribution in [-0.4, -0.2) is 47.0 Å². The van der Waals surface area contributed by atoms with Crippen molar-refractivity contribution in [1.82, 2.24) is 4.90 Å². The smallest absolute Gasteiger partial charge is 0.265 e. The monoisotopic (exact) mass is 470 g/mol. The molecule has 0 unspecified atom stereocenters. The summed E-state index contributed by atoms with van der Waals surface area (Å²) in [7, 11) is 0.648. The standard InChI is InChI=1S/C24H23FN2O5S/c1-26(14-16-8-11-21(31-2)22(12-16)32-3)24(28)15-27-20-10-9-17(25)13-19(20)18-6-4-5-7-23(18)33(27,29)30/h4-13H,14-15H2,1-3H3. The normalized spacial score (nSPS) is 13.6. The van der Waals surface area contributed by atoms with E-state index in [1.807, 2.05) is 0 Å². The van der Waals surface area contributed by atoms with Gasteiger partial charge in [-0.05, 0) is 42.0 Å². The van der Waals surface area contributed by atoms with E-state index >= 15 is 0 Å². The van der Waals surface area contributed by atoms with Crippen molar-refractivity contribution in [1.29, 1.82) is 0 Å². The Balaban J connectivity index is 1.63. The number of amides is 1. The first-order valence-electron chi connectivity index (χ1n) is 10.1. The van der Waals surface area contributed by atoms with E-state index in [2.05, 4.69) is 0 Å². The van der Waals surface area contributed by atoms with Crippen LogP contribution >= 0.6 is 0 Å². The van der Waals surface area contributed by atoms with Crippen molar-refractivity contribution in [2.24, 2.45) is 0 Å². The second-order valence-electron chi connectivity index (χ2n) is 7.61. The van der Waals surface area contributed by atoms with Crippen molar-refractivity contribution in [2.45, 2.75) is 11.4 Å². The van der Waals surface area contributed by atoms with E-state index in [9.17, 15) is 17.6 Å². The highest BCUT2D eigenvalue weighted by Gasteiger charge is 2.36. The molecular formula is C24H23FN2O5S. The molecule has 0 saturated carbocycles. The summed E-state index contributed by atoms with van der Waals surface area (Å²) in [5.74, 6) is 0.196. The third-order valence-corrected chi connectivity index (χ3v) is 7.36. The molecule has 7 nitrogen and oxygen atoms in total. The minimum absolute atomic E-state index is 0.0402. The number of halogens is 1. The fourth-order valence-corrected chi connectivity index (χ4v) is 5.50. The molecule has 9 heteroatoms. The number of anilines is 1. The van der Waals surface area contributed by atoms with Crippen molar-refractivity contribution in [3.63, 3.8) is 0 Å². The number of likely N-dealkylation sites (N-methyl/N-ethyl adjacent to an activating group) is 1. The first-order valence-corrected chi connectivity index (χ1v) is 11.6. The lowest BCUT2D eigenvalue weighted by molar-refractivity contribution is -0.128. The lowest BCUT2D eigenvalue weighted by atomic mass is 10.0. The minimum atomic E-state index is -4.00. The highest BCUT2D eigenvalue weighted by Crippen LogP contribution is 2.43. The number of carbonyl (C=O) groups excluding carboxylic acids is 1. The van der Waals surface area contributed by atoms with E-state index < -0.39 is 28.3 Å². The van der Waals surface area contributed by atoms with Gasteiger partial charge in [0.05, 0.1) is 24.8 Å². The molecule has 0 spiro atoms. The van der Waals surface area contributed by atoms with Gasteiger partial charge in [-0.3, -0.25) is 9.10 Å². The van der Waals surface area contributed by atoms with E-state index in [1.165, 1.54) is 43.4 Å². The number of benzene rings is 3. The lowest BCUT2D eigenvalue weighted by Gasteiger charge is -2.32. The zero-order valence-electron chi connectivity index (χ0n) is 18.4. The Morgan fingerprint density at radius 2 is 1.70 bits per heavy atom. The molecule has 0 aliphatic carbocycles. The van der Waals surface area contributed by atoms with Gasteiger partial charge in [-0.25, -0.2) is 12.8 Å². The summed E-state index contributed by atoms with van der Waals surface area (Å²) < 4.78 is 52.3. The van der Waals surface area contributed by atoms with Crippen molar-refractivity contribution >= 4 is 21.6 Å². The fourth-order valence-electron chi connectivity index (χ4n) is 3.86. The number of ether oxygens (including phenoxy) is 2. The van der Waals surface area contributed by atoms with Crippen LogP contribution in [0.25, 0.3) is 11.1 Å². The van der Waals surface area contributed by atoms with Crippen LogP contribution in [0, 0.1) is 5.82 Å². The molecule has 4 rings (SSSR count). The van der Waals surface area contributed by atoms with Gasteiger partial charge in [0, 0.05) is 24.7 Å². The molecule has 0 aromatic heterocycles. The summed E-state index contributed by atoms with van der Waals surface area (Å²) in [5.41, 5.74) is 1.89. The van der Waals surface area contributed by atoms with Crippen LogP contribution in [0.1, 0.15) is 5.56 Å². The third-order valence-electron chi connectivity index (χ3n) is 5.54. The van der Waals surface area contributed by atoms with Crippen molar-refractivity contribution in [3.8, 4) is 22.6 Å².